The van der Waals surface area contributed by atoms with Crippen LogP contribution in [0, 0.1) is 6.92 Å². The standard InChI is InChI=1S/C19H23N5O/c1-13-7-14(3-4-15(13)9-20)19-18-8-16(10-24(18)22-12-21-19)23-6-5-17(11-23)25-2/h3-4,7-8,10,12,17H,5-6,9,11,20H2,1-2H3. The second-order valence-electron chi connectivity index (χ2n) is 6.57. The molecule has 6 heteroatoms. The number of benzene rings is 1. The molecule has 1 unspecified atom stereocenters. The Morgan fingerprint density at radius 1 is 1.32 bits per heavy atom. The maximum absolute atomic E-state index is 5.78. The summed E-state index contributed by atoms with van der Waals surface area (Å²) in [5, 5.41) is 4.38. The molecule has 1 aromatic carbocycles. The van der Waals surface area contributed by atoms with E-state index in [1.807, 2.05) is 4.52 Å². The van der Waals surface area contributed by atoms with Crippen molar-refractivity contribution in [2.45, 2.75) is 26.0 Å². The van der Waals surface area contributed by atoms with E-state index in [1.165, 1.54) is 5.56 Å². The van der Waals surface area contributed by atoms with Gasteiger partial charge in [-0.3, -0.25) is 0 Å². The van der Waals surface area contributed by atoms with Gasteiger partial charge in [-0.05, 0) is 36.6 Å². The van der Waals surface area contributed by atoms with Crippen molar-refractivity contribution >= 4 is 11.2 Å². The zero-order valence-corrected chi connectivity index (χ0v) is 14.6. The number of hydrogen-bond donors (Lipinski definition) is 1. The molecule has 130 valence electrons. The van der Waals surface area contributed by atoms with Gasteiger partial charge >= 0.3 is 0 Å². The lowest BCUT2D eigenvalue weighted by Crippen LogP contribution is -2.21. The van der Waals surface area contributed by atoms with Crippen LogP contribution in [0.4, 0.5) is 5.69 Å². The summed E-state index contributed by atoms with van der Waals surface area (Å²) in [6.07, 6.45) is 5.04. The van der Waals surface area contributed by atoms with Crippen molar-refractivity contribution in [3.63, 3.8) is 0 Å². The van der Waals surface area contributed by atoms with E-state index in [9.17, 15) is 0 Å². The van der Waals surface area contributed by atoms with Gasteiger partial charge in [0.2, 0.25) is 0 Å². The zero-order valence-electron chi connectivity index (χ0n) is 14.6. The fourth-order valence-electron chi connectivity index (χ4n) is 3.54. The topological polar surface area (TPSA) is 68.7 Å². The molecule has 0 aliphatic carbocycles. The summed E-state index contributed by atoms with van der Waals surface area (Å²) in [6.45, 7) is 4.56. The van der Waals surface area contributed by atoms with E-state index < -0.39 is 0 Å². The third-order valence-electron chi connectivity index (χ3n) is 5.07. The lowest BCUT2D eigenvalue weighted by atomic mass is 10.0. The number of ether oxygens (including phenoxy) is 1. The Morgan fingerprint density at radius 2 is 2.20 bits per heavy atom. The predicted molar refractivity (Wildman–Crippen MR) is 98.7 cm³/mol. The van der Waals surface area contributed by atoms with Crippen molar-refractivity contribution < 1.29 is 4.74 Å². The van der Waals surface area contributed by atoms with Crippen LogP contribution < -0.4 is 10.6 Å². The summed E-state index contributed by atoms with van der Waals surface area (Å²) in [6, 6.07) is 8.48. The second kappa shape index (κ2) is 6.46. The van der Waals surface area contributed by atoms with Crippen LogP contribution in [0.5, 0.6) is 0 Å². The fourth-order valence-corrected chi connectivity index (χ4v) is 3.54. The van der Waals surface area contributed by atoms with Crippen LogP contribution in [-0.4, -0.2) is 40.9 Å². The molecule has 25 heavy (non-hydrogen) atoms. The first-order valence-corrected chi connectivity index (χ1v) is 8.60. The first-order chi connectivity index (χ1) is 12.2. The summed E-state index contributed by atoms with van der Waals surface area (Å²) in [7, 11) is 1.78. The Kier molecular flexibility index (Phi) is 4.15. The number of methoxy groups -OCH3 is 1. The van der Waals surface area contributed by atoms with Crippen LogP contribution in [-0.2, 0) is 11.3 Å². The summed E-state index contributed by atoms with van der Waals surface area (Å²) < 4.78 is 7.39. The molecular formula is C19H23N5O. The third-order valence-corrected chi connectivity index (χ3v) is 5.07. The van der Waals surface area contributed by atoms with E-state index in [2.05, 4.69) is 52.4 Å². The van der Waals surface area contributed by atoms with Gasteiger partial charge in [0.25, 0.3) is 0 Å². The third kappa shape index (κ3) is 2.88. The predicted octanol–water partition coefficient (Wildman–Crippen LogP) is 2.39. The molecule has 2 N–H and O–H groups in total. The number of anilines is 1. The summed E-state index contributed by atoms with van der Waals surface area (Å²) in [5.74, 6) is 0. The van der Waals surface area contributed by atoms with Crippen molar-refractivity contribution in [2.24, 2.45) is 5.73 Å². The number of fused-ring (bicyclic) bond motifs is 1. The van der Waals surface area contributed by atoms with Crippen molar-refractivity contribution in [3.05, 3.63) is 47.9 Å². The number of nitrogens with zero attached hydrogens (tertiary/aromatic N) is 4. The van der Waals surface area contributed by atoms with Gasteiger partial charge in [-0.2, -0.15) is 5.10 Å². The van der Waals surface area contributed by atoms with Crippen molar-refractivity contribution in [1.29, 1.82) is 0 Å². The minimum absolute atomic E-state index is 0.306. The monoisotopic (exact) mass is 337 g/mol. The van der Waals surface area contributed by atoms with Gasteiger partial charge in [0.05, 0.1) is 29.2 Å². The molecule has 6 nitrogen and oxygen atoms in total. The lowest BCUT2D eigenvalue weighted by Gasteiger charge is -2.15. The van der Waals surface area contributed by atoms with Crippen molar-refractivity contribution in [3.8, 4) is 11.3 Å². The number of rotatable bonds is 4. The number of hydrogen-bond acceptors (Lipinski definition) is 5. The van der Waals surface area contributed by atoms with Gasteiger partial charge in [-0.15, -0.1) is 0 Å². The number of aromatic nitrogens is 3. The lowest BCUT2D eigenvalue weighted by molar-refractivity contribution is 0.121. The Morgan fingerprint density at radius 3 is 2.92 bits per heavy atom. The van der Waals surface area contributed by atoms with Gasteiger partial charge in [0, 0.05) is 32.3 Å². The molecule has 1 aliphatic rings. The van der Waals surface area contributed by atoms with Crippen LogP contribution >= 0.6 is 0 Å². The van der Waals surface area contributed by atoms with E-state index >= 15 is 0 Å². The van der Waals surface area contributed by atoms with Crippen molar-refractivity contribution in [1.82, 2.24) is 14.6 Å². The molecule has 1 atom stereocenters. The van der Waals surface area contributed by atoms with Gasteiger partial charge in [0.1, 0.15) is 6.33 Å². The average molecular weight is 337 g/mol. The van der Waals surface area contributed by atoms with Gasteiger partial charge in [0.15, 0.2) is 0 Å². The van der Waals surface area contributed by atoms with E-state index in [0.29, 0.717) is 12.6 Å². The molecule has 1 fully saturated rings. The van der Waals surface area contributed by atoms with Gasteiger partial charge in [-0.1, -0.05) is 12.1 Å². The molecule has 0 saturated carbocycles. The van der Waals surface area contributed by atoms with Gasteiger partial charge < -0.3 is 15.4 Å². The Bertz CT molecular complexity index is 904. The van der Waals surface area contributed by atoms with Crippen LogP contribution in [0.2, 0.25) is 0 Å². The molecule has 1 saturated heterocycles. The highest BCUT2D eigenvalue weighted by molar-refractivity contribution is 5.80. The average Bonchev–Trinajstić information content (AvgIpc) is 3.27. The first-order valence-electron chi connectivity index (χ1n) is 8.60. The molecular weight excluding hydrogens is 314 g/mol. The highest BCUT2D eigenvalue weighted by atomic mass is 16.5. The largest absolute Gasteiger partial charge is 0.380 e. The first kappa shape index (κ1) is 16.1. The minimum atomic E-state index is 0.306. The number of aryl methyl sites for hydroxylation is 1. The maximum atomic E-state index is 5.78. The van der Waals surface area contributed by atoms with E-state index in [4.69, 9.17) is 10.5 Å². The van der Waals surface area contributed by atoms with Crippen LogP contribution in [0.1, 0.15) is 17.5 Å². The summed E-state index contributed by atoms with van der Waals surface area (Å²) >= 11 is 0. The van der Waals surface area contributed by atoms with E-state index in [1.54, 1.807) is 13.4 Å². The van der Waals surface area contributed by atoms with Gasteiger partial charge in [-0.25, -0.2) is 9.50 Å². The molecule has 3 aromatic rings. The quantitative estimate of drug-likeness (QED) is 0.792. The SMILES string of the molecule is COC1CCN(c2cc3c(-c4ccc(CN)c(C)c4)ncnn3c2)C1. The molecule has 0 radical (unpaired) electrons. The van der Waals surface area contributed by atoms with Crippen LogP contribution in [0.25, 0.3) is 16.8 Å². The van der Waals surface area contributed by atoms with Crippen molar-refractivity contribution in [2.75, 3.05) is 25.1 Å². The zero-order chi connectivity index (χ0) is 17.4. The summed E-state index contributed by atoms with van der Waals surface area (Å²) in [5.41, 5.74) is 12.3. The molecule has 1 aliphatic heterocycles. The maximum Gasteiger partial charge on any atom is 0.137 e. The molecule has 4 rings (SSSR count). The Balaban J connectivity index is 1.74. The van der Waals surface area contributed by atoms with Crippen LogP contribution in [0.3, 0.4) is 0 Å². The highest BCUT2D eigenvalue weighted by Gasteiger charge is 2.23. The molecule has 0 amide bonds. The van der Waals surface area contributed by atoms with Crippen LogP contribution in [0.15, 0.2) is 36.8 Å². The molecule has 0 spiro atoms. The molecule has 0 bridgehead atoms. The minimum Gasteiger partial charge on any atom is -0.380 e. The molecule has 2 aromatic heterocycles. The van der Waals surface area contributed by atoms with E-state index in [0.717, 1.165) is 47.5 Å². The molecule has 3 heterocycles. The van der Waals surface area contributed by atoms with E-state index in [-0.39, 0.29) is 0 Å². The Hall–Kier alpha value is -2.44. The normalized spacial score (nSPS) is 17.6. The number of nitrogens with two attached hydrogens (primary N) is 1. The highest BCUT2D eigenvalue weighted by Crippen LogP contribution is 2.29. The smallest absolute Gasteiger partial charge is 0.137 e. The second-order valence-corrected chi connectivity index (χ2v) is 6.57. The Labute approximate surface area is 147 Å². The fraction of sp³-hybridized carbons (Fsp3) is 0.368. The summed E-state index contributed by atoms with van der Waals surface area (Å²) in [4.78, 5) is 6.88.